The van der Waals surface area contributed by atoms with Crippen LogP contribution >= 0.6 is 0 Å². The van der Waals surface area contributed by atoms with E-state index in [9.17, 15) is 14.7 Å². The summed E-state index contributed by atoms with van der Waals surface area (Å²) in [6, 6.07) is 0.0310. The van der Waals surface area contributed by atoms with E-state index < -0.39 is 11.9 Å². The Hall–Kier alpha value is -1.85. The first-order valence-electron chi connectivity index (χ1n) is 7.06. The van der Waals surface area contributed by atoms with Crippen LogP contribution in [-0.4, -0.2) is 37.5 Å². The van der Waals surface area contributed by atoms with E-state index >= 15 is 0 Å². The summed E-state index contributed by atoms with van der Waals surface area (Å²) >= 11 is 0. The number of nitrogens with zero attached hydrogens (tertiary/aromatic N) is 3. The molecule has 1 aromatic heterocycles. The summed E-state index contributed by atoms with van der Waals surface area (Å²) in [7, 11) is 0. The average molecular weight is 277 g/mol. The molecule has 0 bridgehead atoms. The van der Waals surface area contributed by atoms with Crippen LogP contribution in [0, 0.1) is 5.92 Å². The highest BCUT2D eigenvalue weighted by Gasteiger charge is 2.51. The van der Waals surface area contributed by atoms with Gasteiger partial charge in [-0.1, -0.05) is 0 Å². The molecule has 1 N–H and O–H groups in total. The molecule has 2 fully saturated rings. The molecule has 0 spiro atoms. The molecule has 1 aliphatic carbocycles. The number of carbonyl (C=O) groups is 2. The lowest BCUT2D eigenvalue weighted by Gasteiger charge is -2.28. The predicted octanol–water partition coefficient (Wildman–Crippen LogP) is 1.60. The van der Waals surface area contributed by atoms with E-state index in [1.807, 2.05) is 18.4 Å². The lowest BCUT2D eigenvalue weighted by Crippen LogP contribution is -2.34. The number of aliphatic carboxylic acids is 1. The molecule has 1 saturated heterocycles. The van der Waals surface area contributed by atoms with Gasteiger partial charge in [-0.15, -0.1) is 0 Å². The molecule has 1 aliphatic heterocycles. The Morgan fingerprint density at radius 1 is 1.45 bits per heavy atom. The Morgan fingerprint density at radius 3 is 2.70 bits per heavy atom. The summed E-state index contributed by atoms with van der Waals surface area (Å²) in [5, 5.41) is 9.44. The molecule has 1 amide bonds. The lowest BCUT2D eigenvalue weighted by atomic mass is 9.97. The Kier molecular flexibility index (Phi) is 3.03. The number of rotatable bonds is 4. The van der Waals surface area contributed by atoms with E-state index in [1.54, 1.807) is 17.4 Å². The van der Waals surface area contributed by atoms with Crippen molar-refractivity contribution < 1.29 is 14.7 Å². The zero-order valence-electron chi connectivity index (χ0n) is 11.7. The Labute approximate surface area is 117 Å². The van der Waals surface area contributed by atoms with Crippen LogP contribution in [0.1, 0.15) is 50.9 Å². The summed E-state index contributed by atoms with van der Waals surface area (Å²) in [6.45, 7) is 4.05. The van der Waals surface area contributed by atoms with Crippen LogP contribution in [0.4, 0.5) is 0 Å². The minimum Gasteiger partial charge on any atom is -0.481 e. The van der Waals surface area contributed by atoms with E-state index in [4.69, 9.17) is 0 Å². The molecule has 0 aromatic carbocycles. The maximum atomic E-state index is 12.2. The maximum Gasteiger partial charge on any atom is 0.309 e. The quantitative estimate of drug-likeness (QED) is 0.907. The number of hydrogen-bond donors (Lipinski definition) is 1. The third-order valence-electron chi connectivity index (χ3n) is 4.18. The number of aromatic nitrogens is 2. The standard InChI is InChI=1S/C14H19N3O3/c1-8(2)16-7-15-6-11(16)13-10(14(19)20)5-12(18)17(13)9-3-4-9/h6-10,13H,3-5H2,1-2H3,(H,19,20). The normalized spacial score (nSPS) is 26.6. The summed E-state index contributed by atoms with van der Waals surface area (Å²) in [5.74, 6) is -1.61. The van der Waals surface area contributed by atoms with Gasteiger partial charge in [0.15, 0.2) is 0 Å². The van der Waals surface area contributed by atoms with Gasteiger partial charge in [-0.3, -0.25) is 9.59 Å². The van der Waals surface area contributed by atoms with Crippen LogP contribution in [-0.2, 0) is 9.59 Å². The van der Waals surface area contributed by atoms with Crippen molar-refractivity contribution in [3.63, 3.8) is 0 Å². The zero-order chi connectivity index (χ0) is 14.4. The third-order valence-corrected chi connectivity index (χ3v) is 4.18. The van der Waals surface area contributed by atoms with Crippen molar-refractivity contribution in [2.24, 2.45) is 5.92 Å². The number of likely N-dealkylation sites (tertiary alicyclic amines) is 1. The van der Waals surface area contributed by atoms with Gasteiger partial charge in [0.25, 0.3) is 0 Å². The van der Waals surface area contributed by atoms with Crippen LogP contribution in [0.15, 0.2) is 12.5 Å². The highest BCUT2D eigenvalue weighted by molar-refractivity contribution is 5.87. The van der Waals surface area contributed by atoms with Crippen molar-refractivity contribution in [2.75, 3.05) is 0 Å². The summed E-state index contributed by atoms with van der Waals surface area (Å²) < 4.78 is 1.97. The molecule has 2 aliphatic rings. The van der Waals surface area contributed by atoms with Gasteiger partial charge in [-0.25, -0.2) is 4.98 Å². The topological polar surface area (TPSA) is 75.4 Å². The van der Waals surface area contributed by atoms with E-state index in [0.29, 0.717) is 0 Å². The molecular weight excluding hydrogens is 258 g/mol. The SMILES string of the molecule is CC(C)n1cncc1C1C(C(=O)O)CC(=O)N1C1CC1. The van der Waals surface area contributed by atoms with E-state index in [2.05, 4.69) is 4.98 Å². The Morgan fingerprint density at radius 2 is 2.15 bits per heavy atom. The van der Waals surface area contributed by atoms with Gasteiger partial charge in [0.2, 0.25) is 5.91 Å². The molecule has 0 radical (unpaired) electrons. The maximum absolute atomic E-state index is 12.2. The highest BCUT2D eigenvalue weighted by atomic mass is 16.4. The fraction of sp³-hybridized carbons (Fsp3) is 0.643. The Balaban J connectivity index is 2.03. The van der Waals surface area contributed by atoms with Crippen LogP contribution in [0.25, 0.3) is 0 Å². The van der Waals surface area contributed by atoms with Gasteiger partial charge in [0.05, 0.1) is 30.2 Å². The van der Waals surface area contributed by atoms with Crippen LogP contribution < -0.4 is 0 Å². The van der Waals surface area contributed by atoms with Gasteiger partial charge in [0, 0.05) is 18.5 Å². The fourth-order valence-corrected chi connectivity index (χ4v) is 3.08. The number of carbonyl (C=O) groups excluding carboxylic acids is 1. The zero-order valence-corrected chi connectivity index (χ0v) is 11.7. The molecule has 6 heteroatoms. The second-order valence-corrected chi connectivity index (χ2v) is 5.95. The summed E-state index contributed by atoms with van der Waals surface area (Å²) in [5.41, 5.74) is 0.838. The summed E-state index contributed by atoms with van der Waals surface area (Å²) in [4.78, 5) is 29.6. The van der Waals surface area contributed by atoms with Crippen molar-refractivity contribution >= 4 is 11.9 Å². The molecular formula is C14H19N3O3. The molecule has 2 unspecified atom stereocenters. The van der Waals surface area contributed by atoms with Crippen LogP contribution in [0.5, 0.6) is 0 Å². The molecule has 108 valence electrons. The van der Waals surface area contributed by atoms with Crippen molar-refractivity contribution in [3.05, 3.63) is 18.2 Å². The average Bonchev–Trinajstić information content (AvgIpc) is 2.98. The molecule has 6 nitrogen and oxygen atoms in total. The number of amides is 1. The minimum atomic E-state index is -0.900. The Bertz CT molecular complexity index is 548. The van der Waals surface area contributed by atoms with E-state index in [0.717, 1.165) is 18.5 Å². The third kappa shape index (κ3) is 1.99. The van der Waals surface area contributed by atoms with Gasteiger partial charge in [0.1, 0.15) is 0 Å². The fourth-order valence-electron chi connectivity index (χ4n) is 3.08. The first-order valence-corrected chi connectivity index (χ1v) is 7.06. The highest BCUT2D eigenvalue weighted by Crippen LogP contribution is 2.45. The van der Waals surface area contributed by atoms with Gasteiger partial charge in [-0.05, 0) is 26.7 Å². The van der Waals surface area contributed by atoms with E-state index in [-0.39, 0.29) is 30.5 Å². The molecule has 3 rings (SSSR count). The van der Waals surface area contributed by atoms with Gasteiger partial charge < -0.3 is 14.6 Å². The first kappa shape index (κ1) is 13.1. The number of imidazole rings is 1. The number of carboxylic acids is 1. The molecule has 1 saturated carbocycles. The summed E-state index contributed by atoms with van der Waals surface area (Å²) in [6.07, 6.45) is 5.47. The van der Waals surface area contributed by atoms with Crippen molar-refractivity contribution in [1.29, 1.82) is 0 Å². The van der Waals surface area contributed by atoms with Gasteiger partial charge >= 0.3 is 5.97 Å². The van der Waals surface area contributed by atoms with Crippen molar-refractivity contribution in [2.45, 2.75) is 51.2 Å². The first-order chi connectivity index (χ1) is 9.50. The van der Waals surface area contributed by atoms with Gasteiger partial charge in [-0.2, -0.15) is 0 Å². The molecule has 20 heavy (non-hydrogen) atoms. The predicted molar refractivity (Wildman–Crippen MR) is 71.0 cm³/mol. The second-order valence-electron chi connectivity index (χ2n) is 5.95. The second kappa shape index (κ2) is 4.61. The smallest absolute Gasteiger partial charge is 0.309 e. The number of carboxylic acid groups (broad SMARTS) is 1. The molecule has 1 aromatic rings. The van der Waals surface area contributed by atoms with Crippen LogP contribution in [0.3, 0.4) is 0 Å². The van der Waals surface area contributed by atoms with E-state index in [1.165, 1.54) is 0 Å². The largest absolute Gasteiger partial charge is 0.481 e. The number of hydrogen-bond acceptors (Lipinski definition) is 3. The van der Waals surface area contributed by atoms with Crippen LogP contribution in [0.2, 0.25) is 0 Å². The minimum absolute atomic E-state index is 0.0404. The monoisotopic (exact) mass is 277 g/mol. The molecule has 2 heterocycles. The lowest BCUT2D eigenvalue weighted by molar-refractivity contribution is -0.142. The van der Waals surface area contributed by atoms with Crippen molar-refractivity contribution in [3.8, 4) is 0 Å². The molecule has 2 atom stereocenters. The van der Waals surface area contributed by atoms with Crippen molar-refractivity contribution in [1.82, 2.24) is 14.5 Å².